The van der Waals surface area contributed by atoms with Crippen LogP contribution in [-0.2, 0) is 4.79 Å². The average molecular weight is 289 g/mol. The second kappa shape index (κ2) is 5.29. The molecule has 1 atom stereocenters. The lowest BCUT2D eigenvalue weighted by Crippen LogP contribution is -2.47. The van der Waals surface area contributed by atoms with Gasteiger partial charge in [-0.3, -0.25) is 20.2 Å². The topological polar surface area (TPSA) is 123 Å². The van der Waals surface area contributed by atoms with Gasteiger partial charge in [0.1, 0.15) is 6.04 Å². The van der Waals surface area contributed by atoms with Crippen molar-refractivity contribution in [2.24, 2.45) is 0 Å². The summed E-state index contributed by atoms with van der Waals surface area (Å²) in [6.07, 6.45) is 0. The van der Waals surface area contributed by atoms with Crippen LogP contribution in [0.1, 0.15) is 11.9 Å². The first-order valence-corrected chi connectivity index (χ1v) is 6.22. The lowest BCUT2D eigenvalue weighted by atomic mass is 10.2. The molecule has 0 bridgehead atoms. The van der Waals surface area contributed by atoms with Crippen molar-refractivity contribution >= 4 is 11.6 Å². The summed E-state index contributed by atoms with van der Waals surface area (Å²) in [5, 5.41) is 20.2. The zero-order valence-electron chi connectivity index (χ0n) is 10.8. The van der Waals surface area contributed by atoms with Crippen molar-refractivity contribution in [3.05, 3.63) is 40.3 Å². The number of benzene rings is 1. The van der Waals surface area contributed by atoms with E-state index in [4.69, 9.17) is 4.52 Å². The van der Waals surface area contributed by atoms with Crippen LogP contribution in [0.5, 0.6) is 0 Å². The quantitative estimate of drug-likeness (QED) is 0.619. The van der Waals surface area contributed by atoms with Gasteiger partial charge in [0, 0.05) is 24.2 Å². The molecule has 3 rings (SSSR count). The van der Waals surface area contributed by atoms with E-state index in [-0.39, 0.29) is 30.0 Å². The van der Waals surface area contributed by atoms with E-state index in [9.17, 15) is 14.9 Å². The van der Waals surface area contributed by atoms with Gasteiger partial charge >= 0.3 is 0 Å². The average Bonchev–Trinajstić information content (AvgIpc) is 2.98. The van der Waals surface area contributed by atoms with Gasteiger partial charge in [0.2, 0.25) is 17.6 Å². The standard InChI is InChI=1S/C12H11N5O4/c18-10-6-13-9(5-14-10)12-15-11(16-21-12)7-2-1-3-8(4-7)17(19)20/h1-4,9,13H,5-6H2,(H,14,18). The molecule has 1 amide bonds. The molecule has 1 saturated heterocycles. The molecular weight excluding hydrogens is 278 g/mol. The molecule has 1 fully saturated rings. The number of non-ortho nitro benzene ring substituents is 1. The SMILES string of the molecule is O=C1CNC(c2nc(-c3cccc([N+](=O)[O-])c3)no2)CN1. The molecular formula is C12H11N5O4. The largest absolute Gasteiger partial charge is 0.353 e. The van der Waals surface area contributed by atoms with Gasteiger partial charge in [-0.1, -0.05) is 17.3 Å². The van der Waals surface area contributed by atoms with Gasteiger partial charge in [0.15, 0.2) is 0 Å². The lowest BCUT2D eigenvalue weighted by molar-refractivity contribution is -0.384. The summed E-state index contributed by atoms with van der Waals surface area (Å²) < 4.78 is 5.15. The number of carbonyl (C=O) groups excluding carboxylic acids is 1. The molecule has 2 N–H and O–H groups in total. The predicted molar refractivity (Wildman–Crippen MR) is 70.1 cm³/mol. The molecule has 2 aromatic rings. The van der Waals surface area contributed by atoms with E-state index in [1.54, 1.807) is 12.1 Å². The van der Waals surface area contributed by atoms with Crippen molar-refractivity contribution in [1.82, 2.24) is 20.8 Å². The number of nitro benzene ring substituents is 1. The van der Waals surface area contributed by atoms with E-state index in [0.29, 0.717) is 18.0 Å². The Kier molecular flexibility index (Phi) is 3.32. The molecule has 0 aliphatic carbocycles. The number of hydrogen-bond acceptors (Lipinski definition) is 7. The molecule has 0 spiro atoms. The normalized spacial score (nSPS) is 18.3. The molecule has 108 valence electrons. The summed E-state index contributed by atoms with van der Waals surface area (Å²) in [4.78, 5) is 25.6. The molecule has 9 nitrogen and oxygen atoms in total. The van der Waals surface area contributed by atoms with Crippen LogP contribution >= 0.6 is 0 Å². The number of aromatic nitrogens is 2. The zero-order chi connectivity index (χ0) is 14.8. The number of amides is 1. The molecule has 1 aromatic heterocycles. The predicted octanol–water partition coefficient (Wildman–Crippen LogP) is 0.405. The maximum atomic E-state index is 11.1. The highest BCUT2D eigenvalue weighted by Crippen LogP contribution is 2.23. The minimum Gasteiger partial charge on any atom is -0.353 e. The minimum atomic E-state index is -0.483. The van der Waals surface area contributed by atoms with E-state index in [0.717, 1.165) is 0 Å². The number of rotatable bonds is 3. The third-order valence-corrected chi connectivity index (χ3v) is 3.07. The molecule has 2 heterocycles. The van der Waals surface area contributed by atoms with Crippen LogP contribution in [0.4, 0.5) is 5.69 Å². The first-order chi connectivity index (χ1) is 10.1. The number of nitro groups is 1. The highest BCUT2D eigenvalue weighted by molar-refractivity contribution is 5.78. The van der Waals surface area contributed by atoms with Crippen LogP contribution < -0.4 is 10.6 Å². The van der Waals surface area contributed by atoms with Crippen molar-refractivity contribution in [1.29, 1.82) is 0 Å². The first kappa shape index (κ1) is 13.2. The maximum absolute atomic E-state index is 11.1. The molecule has 21 heavy (non-hydrogen) atoms. The van der Waals surface area contributed by atoms with Crippen LogP contribution in [0, 0.1) is 10.1 Å². The summed E-state index contributed by atoms with van der Waals surface area (Å²) in [6, 6.07) is 5.73. The van der Waals surface area contributed by atoms with E-state index in [2.05, 4.69) is 20.8 Å². The number of nitrogens with zero attached hydrogens (tertiary/aromatic N) is 3. The second-order valence-corrected chi connectivity index (χ2v) is 4.50. The summed E-state index contributed by atoms with van der Waals surface area (Å²) in [5.41, 5.74) is 0.459. The number of carbonyl (C=O) groups is 1. The van der Waals surface area contributed by atoms with Crippen molar-refractivity contribution in [2.45, 2.75) is 6.04 Å². The van der Waals surface area contributed by atoms with Crippen LogP contribution in [0.25, 0.3) is 11.4 Å². The fourth-order valence-electron chi connectivity index (χ4n) is 1.99. The van der Waals surface area contributed by atoms with Crippen molar-refractivity contribution in [2.75, 3.05) is 13.1 Å². The van der Waals surface area contributed by atoms with Gasteiger partial charge < -0.3 is 9.84 Å². The summed E-state index contributed by atoms with van der Waals surface area (Å²) in [5.74, 6) is 0.508. The lowest BCUT2D eigenvalue weighted by Gasteiger charge is -2.20. The third-order valence-electron chi connectivity index (χ3n) is 3.07. The van der Waals surface area contributed by atoms with Crippen LogP contribution in [0.3, 0.4) is 0 Å². The molecule has 0 radical (unpaired) electrons. The molecule has 1 aliphatic heterocycles. The van der Waals surface area contributed by atoms with E-state index >= 15 is 0 Å². The van der Waals surface area contributed by atoms with Gasteiger partial charge in [-0.05, 0) is 0 Å². The van der Waals surface area contributed by atoms with Crippen molar-refractivity contribution in [3.8, 4) is 11.4 Å². The van der Waals surface area contributed by atoms with Crippen molar-refractivity contribution in [3.63, 3.8) is 0 Å². The fraction of sp³-hybridized carbons (Fsp3) is 0.250. The fourth-order valence-corrected chi connectivity index (χ4v) is 1.99. The molecule has 0 saturated carbocycles. The highest BCUT2D eigenvalue weighted by atomic mass is 16.6. The third kappa shape index (κ3) is 2.72. The van der Waals surface area contributed by atoms with Crippen LogP contribution in [-0.4, -0.2) is 34.1 Å². The Morgan fingerprint density at radius 2 is 2.29 bits per heavy atom. The van der Waals surface area contributed by atoms with E-state index < -0.39 is 4.92 Å². The Bertz CT molecular complexity index is 688. The minimum absolute atomic E-state index is 0.0399. The Morgan fingerprint density at radius 1 is 1.43 bits per heavy atom. The number of hydrogen-bond donors (Lipinski definition) is 2. The molecule has 9 heteroatoms. The van der Waals surface area contributed by atoms with Crippen LogP contribution in [0.2, 0.25) is 0 Å². The maximum Gasteiger partial charge on any atom is 0.270 e. The van der Waals surface area contributed by atoms with Gasteiger partial charge in [-0.15, -0.1) is 0 Å². The Hall–Kier alpha value is -2.81. The summed E-state index contributed by atoms with van der Waals surface area (Å²) >= 11 is 0. The van der Waals surface area contributed by atoms with Gasteiger partial charge in [-0.2, -0.15) is 4.98 Å². The zero-order valence-corrected chi connectivity index (χ0v) is 10.8. The number of nitrogens with one attached hydrogen (secondary N) is 2. The summed E-state index contributed by atoms with van der Waals surface area (Å²) in [6.45, 7) is 0.536. The van der Waals surface area contributed by atoms with E-state index in [1.165, 1.54) is 12.1 Å². The molecule has 1 unspecified atom stereocenters. The summed E-state index contributed by atoms with van der Waals surface area (Å²) in [7, 11) is 0. The highest BCUT2D eigenvalue weighted by Gasteiger charge is 2.24. The van der Waals surface area contributed by atoms with Gasteiger partial charge in [-0.25, -0.2) is 0 Å². The Morgan fingerprint density at radius 3 is 3.00 bits per heavy atom. The smallest absolute Gasteiger partial charge is 0.270 e. The Balaban J connectivity index is 1.83. The van der Waals surface area contributed by atoms with Gasteiger partial charge in [0.25, 0.3) is 5.69 Å². The first-order valence-electron chi connectivity index (χ1n) is 6.22. The molecule has 1 aromatic carbocycles. The molecule has 1 aliphatic rings. The van der Waals surface area contributed by atoms with Crippen LogP contribution in [0.15, 0.2) is 28.8 Å². The number of piperazine rings is 1. The van der Waals surface area contributed by atoms with Crippen molar-refractivity contribution < 1.29 is 14.2 Å². The van der Waals surface area contributed by atoms with E-state index in [1.807, 2.05) is 0 Å². The monoisotopic (exact) mass is 289 g/mol. The second-order valence-electron chi connectivity index (χ2n) is 4.50. The van der Waals surface area contributed by atoms with Gasteiger partial charge in [0.05, 0.1) is 11.5 Å². The Labute approximate surface area is 118 Å².